The van der Waals surface area contributed by atoms with Gasteiger partial charge in [-0.3, -0.25) is 9.59 Å². The largest absolute Gasteiger partial charge is 0.462 e. The van der Waals surface area contributed by atoms with E-state index < -0.39 is 5.79 Å². The van der Waals surface area contributed by atoms with Crippen LogP contribution in [0.1, 0.15) is 104 Å². The van der Waals surface area contributed by atoms with Crippen LogP contribution in [0.4, 0.5) is 0 Å². The first kappa shape index (κ1) is 27.2. The fourth-order valence-corrected chi connectivity index (χ4v) is 9.74. The maximum Gasteiger partial charge on any atom is 0.302 e. The zero-order valence-corrected chi connectivity index (χ0v) is 24.5. The molecular weight excluding hydrogens is 494 g/mol. The molecule has 1 saturated heterocycles. The molecule has 0 radical (unpaired) electrons. The fourth-order valence-electron chi connectivity index (χ4n) is 9.74. The number of hydrogen-bond acceptors (Lipinski definition) is 7. The van der Waals surface area contributed by atoms with E-state index in [2.05, 4.69) is 31.1 Å². The van der Waals surface area contributed by atoms with Gasteiger partial charge in [-0.2, -0.15) is 0 Å². The highest BCUT2D eigenvalue weighted by Crippen LogP contribution is 2.68. The lowest BCUT2D eigenvalue weighted by molar-refractivity contribution is -0.149. The summed E-state index contributed by atoms with van der Waals surface area (Å²) in [5.41, 5.74) is 2.54. The van der Waals surface area contributed by atoms with Crippen LogP contribution in [0.5, 0.6) is 0 Å². The van der Waals surface area contributed by atoms with Crippen LogP contribution in [-0.4, -0.2) is 41.5 Å². The smallest absolute Gasteiger partial charge is 0.302 e. The lowest BCUT2D eigenvalue weighted by Crippen LogP contribution is -2.51. The third kappa shape index (κ3) is 4.61. The van der Waals surface area contributed by atoms with Gasteiger partial charge in [0.15, 0.2) is 5.79 Å². The van der Waals surface area contributed by atoms with Crippen LogP contribution in [0.15, 0.2) is 22.2 Å². The summed E-state index contributed by atoms with van der Waals surface area (Å²) in [4.78, 5) is 24.9. The van der Waals surface area contributed by atoms with Gasteiger partial charge in [-0.05, 0) is 87.9 Å². The van der Waals surface area contributed by atoms with Gasteiger partial charge in [0.05, 0.1) is 18.4 Å². The van der Waals surface area contributed by atoms with Crippen molar-refractivity contribution in [2.45, 2.75) is 117 Å². The molecule has 214 valence electrons. The van der Waals surface area contributed by atoms with Crippen LogP contribution in [-0.2, 0) is 30.2 Å². The fraction of sp³-hybridized carbons (Fsp3) is 0.781. The Kier molecular flexibility index (Phi) is 6.65. The highest BCUT2D eigenvalue weighted by atomic mass is 16.7. The zero-order chi connectivity index (χ0) is 27.7. The number of hydrogen-bond donors (Lipinski definition) is 0. The summed E-state index contributed by atoms with van der Waals surface area (Å²) in [6.07, 6.45) is 10.2. The summed E-state index contributed by atoms with van der Waals surface area (Å²) in [7, 11) is 0. The quantitative estimate of drug-likeness (QED) is 0.327. The predicted octanol–water partition coefficient (Wildman–Crippen LogP) is 6.16. The van der Waals surface area contributed by atoms with Gasteiger partial charge in [-0.25, -0.2) is 0 Å². The van der Waals surface area contributed by atoms with Gasteiger partial charge in [0, 0.05) is 37.7 Å². The van der Waals surface area contributed by atoms with Crippen molar-refractivity contribution < 1.29 is 28.3 Å². The number of aromatic nitrogens is 1. The van der Waals surface area contributed by atoms with E-state index in [-0.39, 0.29) is 46.6 Å². The zero-order valence-electron chi connectivity index (χ0n) is 24.5. The van der Waals surface area contributed by atoms with E-state index in [1.807, 2.05) is 13.8 Å². The van der Waals surface area contributed by atoms with E-state index in [1.165, 1.54) is 12.5 Å². The first-order valence-corrected chi connectivity index (χ1v) is 15.0. The SMILES string of the molecule is CC(=O)O[C@H]1CC[C@@]2(C)C(=CC[C@H]3[C@@H]4C[C@@H](c5cc(C[C@H]6COC(C)(C)O6)on5)[C@H](C(C)=O)[C@@]4(C)CC[C@@H]32)C1. The number of Topliss-reactive ketones (excluding diaryl/α,β-unsaturated/α-hetero) is 1. The average molecular weight is 540 g/mol. The number of nitrogens with zero attached hydrogens (tertiary/aromatic N) is 1. The van der Waals surface area contributed by atoms with Crippen molar-refractivity contribution in [3.8, 4) is 0 Å². The summed E-state index contributed by atoms with van der Waals surface area (Å²) < 4.78 is 23.1. The second-order valence-electron chi connectivity index (χ2n) is 14.1. The molecule has 9 atom stereocenters. The number of fused-ring (bicyclic) bond motifs is 5. The lowest BCUT2D eigenvalue weighted by Gasteiger charge is -2.58. The summed E-state index contributed by atoms with van der Waals surface area (Å²) >= 11 is 0. The van der Waals surface area contributed by atoms with Crippen LogP contribution in [0.2, 0.25) is 0 Å². The van der Waals surface area contributed by atoms with Crippen LogP contribution in [0.25, 0.3) is 0 Å². The van der Waals surface area contributed by atoms with E-state index in [4.69, 9.17) is 18.7 Å². The maximum absolute atomic E-state index is 13.3. The Morgan fingerprint density at radius 2 is 1.90 bits per heavy atom. The predicted molar refractivity (Wildman–Crippen MR) is 145 cm³/mol. The normalized spacial score (nSPS) is 42.7. The molecule has 39 heavy (non-hydrogen) atoms. The molecule has 7 nitrogen and oxygen atoms in total. The summed E-state index contributed by atoms with van der Waals surface area (Å²) in [6.45, 7) is 12.5. The minimum absolute atomic E-state index is 0.0128. The minimum Gasteiger partial charge on any atom is -0.462 e. The molecule has 4 aliphatic carbocycles. The molecule has 0 bridgehead atoms. The maximum atomic E-state index is 13.3. The highest BCUT2D eigenvalue weighted by Gasteiger charge is 2.62. The Labute approximate surface area is 232 Å². The van der Waals surface area contributed by atoms with Gasteiger partial charge < -0.3 is 18.7 Å². The summed E-state index contributed by atoms with van der Waals surface area (Å²) in [5.74, 6) is 2.04. The van der Waals surface area contributed by atoms with E-state index in [9.17, 15) is 9.59 Å². The molecule has 0 aromatic carbocycles. The molecule has 0 spiro atoms. The summed E-state index contributed by atoms with van der Waals surface area (Å²) in [5, 5.41) is 4.54. The number of ketones is 1. The molecule has 1 aliphatic heterocycles. The van der Waals surface area contributed by atoms with Crippen LogP contribution < -0.4 is 0 Å². The topological polar surface area (TPSA) is 87.9 Å². The van der Waals surface area contributed by atoms with Crippen LogP contribution in [0, 0.1) is 34.5 Å². The molecular formula is C32H45NO6. The number of esters is 1. The van der Waals surface area contributed by atoms with Crippen LogP contribution in [0.3, 0.4) is 0 Å². The van der Waals surface area contributed by atoms with Crippen molar-refractivity contribution in [3.63, 3.8) is 0 Å². The molecule has 7 heteroatoms. The second kappa shape index (κ2) is 9.54. The molecule has 1 aromatic rings. The van der Waals surface area contributed by atoms with E-state index >= 15 is 0 Å². The van der Waals surface area contributed by atoms with Crippen molar-refractivity contribution >= 4 is 11.8 Å². The van der Waals surface area contributed by atoms with E-state index in [1.54, 1.807) is 6.92 Å². The van der Waals surface area contributed by atoms with Crippen molar-refractivity contribution in [2.75, 3.05) is 6.61 Å². The Morgan fingerprint density at radius 1 is 1.10 bits per heavy atom. The molecule has 0 N–H and O–H groups in total. The van der Waals surface area contributed by atoms with Crippen molar-refractivity contribution in [1.82, 2.24) is 5.16 Å². The molecule has 6 rings (SSSR count). The number of allylic oxidation sites excluding steroid dienone is 1. The van der Waals surface area contributed by atoms with Crippen LogP contribution >= 0.6 is 0 Å². The average Bonchev–Trinajstić information content (AvgIpc) is 3.53. The number of carbonyl (C=O) groups excluding carboxylic acids is 2. The molecule has 3 saturated carbocycles. The molecule has 4 fully saturated rings. The van der Waals surface area contributed by atoms with Crippen molar-refractivity contribution in [3.05, 3.63) is 29.2 Å². The third-order valence-electron chi connectivity index (χ3n) is 11.3. The number of rotatable bonds is 5. The Balaban J connectivity index is 1.24. The standard InChI is InChI=1S/C32H45NO6/c1-18(34)29-25(28-15-22(39-33-28)14-23-17-36-30(3,4)38-23)16-27-24-8-7-20-13-21(37-19(2)35)9-11-31(20,5)26(24)10-12-32(27,29)6/h7,15,21,23-27,29H,8-14,16-17H2,1-6H3/t21-,23-,24+,25-,26-,27-,29-,31-,32-/m0/s1. The van der Waals surface area contributed by atoms with Gasteiger partial charge in [0.1, 0.15) is 17.6 Å². The highest BCUT2D eigenvalue weighted by molar-refractivity contribution is 5.81. The number of carbonyl (C=O) groups is 2. The van der Waals surface area contributed by atoms with Gasteiger partial charge in [0.2, 0.25) is 0 Å². The monoisotopic (exact) mass is 539 g/mol. The third-order valence-corrected chi connectivity index (χ3v) is 11.3. The van der Waals surface area contributed by atoms with Gasteiger partial charge in [-0.15, -0.1) is 0 Å². The molecule has 0 amide bonds. The van der Waals surface area contributed by atoms with Gasteiger partial charge in [0.25, 0.3) is 0 Å². The summed E-state index contributed by atoms with van der Waals surface area (Å²) in [6, 6.07) is 2.07. The Morgan fingerprint density at radius 3 is 2.59 bits per heavy atom. The first-order chi connectivity index (χ1) is 18.4. The lowest BCUT2D eigenvalue weighted by atomic mass is 9.47. The Hall–Kier alpha value is -1.99. The Bertz CT molecular complexity index is 1170. The van der Waals surface area contributed by atoms with E-state index in [0.29, 0.717) is 30.8 Å². The molecule has 2 heterocycles. The second-order valence-corrected chi connectivity index (χ2v) is 14.1. The number of ether oxygens (including phenoxy) is 3. The van der Waals surface area contributed by atoms with Gasteiger partial charge >= 0.3 is 5.97 Å². The van der Waals surface area contributed by atoms with Crippen molar-refractivity contribution in [1.29, 1.82) is 0 Å². The van der Waals surface area contributed by atoms with Gasteiger partial charge in [-0.1, -0.05) is 30.7 Å². The molecule has 0 unspecified atom stereocenters. The molecule has 1 aromatic heterocycles. The van der Waals surface area contributed by atoms with Crippen molar-refractivity contribution in [2.24, 2.45) is 34.5 Å². The van der Waals surface area contributed by atoms with E-state index in [0.717, 1.165) is 56.4 Å². The minimum atomic E-state index is -0.565. The molecule has 5 aliphatic rings. The first-order valence-electron chi connectivity index (χ1n) is 15.0.